The van der Waals surface area contributed by atoms with Crippen LogP contribution in [0.3, 0.4) is 0 Å². The van der Waals surface area contributed by atoms with Crippen molar-refractivity contribution in [2.24, 2.45) is 0 Å². The van der Waals surface area contributed by atoms with Gasteiger partial charge in [-0.05, 0) is 42.2 Å². The first-order valence-corrected chi connectivity index (χ1v) is 8.59. The molecule has 0 aromatic heterocycles. The molecule has 3 nitrogen and oxygen atoms in total. The van der Waals surface area contributed by atoms with Crippen molar-refractivity contribution in [2.75, 3.05) is 18.4 Å². The van der Waals surface area contributed by atoms with E-state index in [2.05, 4.69) is 10.6 Å². The van der Waals surface area contributed by atoms with Crippen molar-refractivity contribution in [1.82, 2.24) is 5.32 Å². The van der Waals surface area contributed by atoms with E-state index in [0.717, 1.165) is 36.3 Å². The summed E-state index contributed by atoms with van der Waals surface area (Å²) >= 11 is 0. The van der Waals surface area contributed by atoms with E-state index in [4.69, 9.17) is 0 Å². The minimum atomic E-state index is -4.34. The van der Waals surface area contributed by atoms with E-state index in [9.17, 15) is 18.0 Å². The van der Waals surface area contributed by atoms with E-state index in [-0.39, 0.29) is 18.2 Å². The van der Waals surface area contributed by atoms with E-state index >= 15 is 0 Å². The Kier molecular flexibility index (Phi) is 7.06. The molecule has 2 N–H and O–H groups in total. The molecule has 1 unspecified atom stereocenters. The second-order valence-corrected chi connectivity index (χ2v) is 6.22. The molecule has 2 aromatic rings. The molecule has 0 aliphatic carbocycles. The molecule has 0 fully saturated rings. The van der Waals surface area contributed by atoms with Crippen molar-refractivity contribution in [3.63, 3.8) is 0 Å². The van der Waals surface area contributed by atoms with Gasteiger partial charge in [0.05, 0.1) is 5.56 Å². The summed E-state index contributed by atoms with van der Waals surface area (Å²) < 4.78 is 37.7. The van der Waals surface area contributed by atoms with E-state index in [1.807, 2.05) is 37.3 Å². The summed E-state index contributed by atoms with van der Waals surface area (Å²) in [6.07, 6.45) is -3.31. The molecule has 0 aliphatic heterocycles. The maximum Gasteiger partial charge on any atom is 0.416 e. The Morgan fingerprint density at radius 2 is 1.65 bits per heavy atom. The number of nitrogens with one attached hydrogen (secondary N) is 2. The molecule has 0 aliphatic rings. The number of amides is 1. The van der Waals surface area contributed by atoms with Gasteiger partial charge >= 0.3 is 6.18 Å². The quantitative estimate of drug-likeness (QED) is 0.660. The molecular weight excluding hydrogens is 341 g/mol. The Morgan fingerprint density at radius 1 is 1.00 bits per heavy atom. The van der Waals surface area contributed by atoms with Crippen molar-refractivity contribution in [3.05, 3.63) is 65.7 Å². The fraction of sp³-hybridized carbons (Fsp3) is 0.350. The van der Waals surface area contributed by atoms with Gasteiger partial charge in [0.2, 0.25) is 5.91 Å². The minimum Gasteiger partial charge on any atom is -0.385 e. The molecule has 1 amide bonds. The molecule has 2 rings (SSSR count). The second-order valence-electron chi connectivity index (χ2n) is 6.22. The number of halogens is 3. The van der Waals surface area contributed by atoms with E-state index in [1.54, 1.807) is 0 Å². The summed E-state index contributed by atoms with van der Waals surface area (Å²) in [6, 6.07) is 14.8. The fourth-order valence-electron chi connectivity index (χ4n) is 2.57. The number of para-hydroxylation sites is 1. The lowest BCUT2D eigenvalue weighted by molar-refractivity contribution is -0.137. The summed E-state index contributed by atoms with van der Waals surface area (Å²) in [5.41, 5.74) is 1.08. The van der Waals surface area contributed by atoms with Gasteiger partial charge in [0.1, 0.15) is 0 Å². The van der Waals surface area contributed by atoms with Crippen LogP contribution in [0.4, 0.5) is 18.9 Å². The third-order valence-electron chi connectivity index (χ3n) is 4.08. The highest BCUT2D eigenvalue weighted by Crippen LogP contribution is 2.30. The van der Waals surface area contributed by atoms with Gasteiger partial charge in [-0.2, -0.15) is 13.2 Å². The largest absolute Gasteiger partial charge is 0.416 e. The van der Waals surface area contributed by atoms with E-state index in [1.165, 1.54) is 12.1 Å². The molecule has 1 atom stereocenters. The zero-order chi connectivity index (χ0) is 19.0. The molecule has 140 valence electrons. The van der Waals surface area contributed by atoms with E-state index < -0.39 is 11.7 Å². The summed E-state index contributed by atoms with van der Waals surface area (Å²) in [4.78, 5) is 12.0. The topological polar surface area (TPSA) is 41.1 Å². The highest BCUT2D eigenvalue weighted by molar-refractivity contribution is 5.76. The lowest BCUT2D eigenvalue weighted by Crippen LogP contribution is -2.26. The molecule has 0 saturated carbocycles. The summed E-state index contributed by atoms with van der Waals surface area (Å²) in [5.74, 6) is -0.239. The predicted molar refractivity (Wildman–Crippen MR) is 97.0 cm³/mol. The van der Waals surface area contributed by atoms with Gasteiger partial charge in [0, 0.05) is 25.2 Å². The maximum absolute atomic E-state index is 12.6. The average Bonchev–Trinajstić information content (AvgIpc) is 2.61. The van der Waals surface area contributed by atoms with Crippen LogP contribution in [0.1, 0.15) is 36.8 Å². The monoisotopic (exact) mass is 364 g/mol. The fourth-order valence-corrected chi connectivity index (χ4v) is 2.57. The van der Waals surface area contributed by atoms with Crippen molar-refractivity contribution < 1.29 is 18.0 Å². The van der Waals surface area contributed by atoms with Crippen molar-refractivity contribution in [2.45, 2.75) is 31.9 Å². The van der Waals surface area contributed by atoms with Crippen LogP contribution in [0, 0.1) is 0 Å². The number of anilines is 1. The average molecular weight is 364 g/mol. The number of alkyl halides is 3. The third-order valence-corrected chi connectivity index (χ3v) is 4.08. The molecule has 0 bridgehead atoms. The zero-order valence-electron chi connectivity index (χ0n) is 14.6. The summed E-state index contributed by atoms with van der Waals surface area (Å²) in [7, 11) is 0. The Morgan fingerprint density at radius 3 is 2.27 bits per heavy atom. The van der Waals surface area contributed by atoms with Crippen LogP contribution >= 0.6 is 0 Å². The summed E-state index contributed by atoms with van der Waals surface area (Å²) in [5, 5.41) is 6.11. The number of rotatable bonds is 8. The summed E-state index contributed by atoms with van der Waals surface area (Å²) in [6.45, 7) is 3.14. The van der Waals surface area contributed by atoms with Gasteiger partial charge in [-0.25, -0.2) is 0 Å². The van der Waals surface area contributed by atoms with Crippen LogP contribution in [0.5, 0.6) is 0 Å². The van der Waals surface area contributed by atoms with Gasteiger partial charge in [0.15, 0.2) is 0 Å². The molecule has 0 saturated heterocycles. The molecule has 26 heavy (non-hydrogen) atoms. The minimum absolute atomic E-state index is 0.0999. The van der Waals surface area contributed by atoms with Gasteiger partial charge in [0.25, 0.3) is 0 Å². The van der Waals surface area contributed by atoms with Gasteiger partial charge < -0.3 is 10.6 Å². The van der Waals surface area contributed by atoms with Gasteiger partial charge in [-0.3, -0.25) is 4.79 Å². The predicted octanol–water partition coefficient (Wildman–Crippen LogP) is 4.82. The van der Waals surface area contributed by atoms with Crippen molar-refractivity contribution in [1.29, 1.82) is 0 Å². The smallest absolute Gasteiger partial charge is 0.385 e. The Hall–Kier alpha value is -2.50. The Balaban J connectivity index is 1.68. The first kappa shape index (κ1) is 19.8. The normalized spacial score (nSPS) is 12.5. The number of carbonyl (C=O) groups is 1. The SMILES string of the molecule is CC(CC(=O)NCCCNc1ccccc1)c1ccc(C(F)(F)F)cc1. The maximum atomic E-state index is 12.6. The van der Waals surface area contributed by atoms with Crippen LogP contribution in [0.25, 0.3) is 0 Å². The van der Waals surface area contributed by atoms with Gasteiger partial charge in [-0.1, -0.05) is 37.3 Å². The van der Waals surface area contributed by atoms with E-state index in [0.29, 0.717) is 6.54 Å². The number of carbonyl (C=O) groups excluding carboxylic acids is 1. The first-order valence-electron chi connectivity index (χ1n) is 8.59. The highest BCUT2D eigenvalue weighted by atomic mass is 19.4. The van der Waals surface area contributed by atoms with Crippen LogP contribution in [0.15, 0.2) is 54.6 Å². The Bertz CT molecular complexity index is 684. The molecule has 0 radical (unpaired) electrons. The van der Waals surface area contributed by atoms with Crippen LogP contribution in [-0.2, 0) is 11.0 Å². The van der Waals surface area contributed by atoms with Crippen LogP contribution < -0.4 is 10.6 Å². The van der Waals surface area contributed by atoms with Crippen LogP contribution in [-0.4, -0.2) is 19.0 Å². The number of hydrogen-bond acceptors (Lipinski definition) is 2. The molecule has 2 aromatic carbocycles. The third kappa shape index (κ3) is 6.43. The molecule has 0 spiro atoms. The first-order chi connectivity index (χ1) is 12.4. The highest BCUT2D eigenvalue weighted by Gasteiger charge is 2.30. The molecular formula is C20H23F3N2O. The standard InChI is InChI=1S/C20H23F3N2O/c1-15(16-8-10-17(11-9-16)20(21,22)23)14-19(26)25-13-5-12-24-18-6-3-2-4-7-18/h2-4,6-11,15,24H,5,12-14H2,1H3,(H,25,26). The Labute approximate surface area is 151 Å². The van der Waals surface area contributed by atoms with Crippen LogP contribution in [0.2, 0.25) is 0 Å². The lowest BCUT2D eigenvalue weighted by Gasteiger charge is -2.14. The molecule has 6 heteroatoms. The second kappa shape index (κ2) is 9.27. The molecule has 0 heterocycles. The van der Waals surface area contributed by atoms with Crippen molar-refractivity contribution >= 4 is 11.6 Å². The van der Waals surface area contributed by atoms with Gasteiger partial charge in [-0.15, -0.1) is 0 Å². The number of benzene rings is 2. The zero-order valence-corrected chi connectivity index (χ0v) is 14.6. The number of hydrogen-bond donors (Lipinski definition) is 2. The van der Waals surface area contributed by atoms with Crippen molar-refractivity contribution in [3.8, 4) is 0 Å². The lowest BCUT2D eigenvalue weighted by atomic mass is 9.96.